The van der Waals surface area contributed by atoms with Crippen LogP contribution in [-0.2, 0) is 6.42 Å². The highest BCUT2D eigenvalue weighted by Gasteiger charge is 2.13. The molecule has 6 N–H and O–H groups in total. The van der Waals surface area contributed by atoms with Gasteiger partial charge >= 0.3 is 0 Å². The Morgan fingerprint density at radius 2 is 1.96 bits per heavy atom. The van der Waals surface area contributed by atoms with Crippen molar-refractivity contribution in [2.75, 3.05) is 11.5 Å². The molecular formula is C17H15FN4O2S. The van der Waals surface area contributed by atoms with Gasteiger partial charge in [-0.1, -0.05) is 6.07 Å². The lowest BCUT2D eigenvalue weighted by Gasteiger charge is -2.08. The number of nitrogens with zero attached hydrogens (tertiary/aromatic N) is 1. The molecule has 0 spiro atoms. The van der Waals surface area contributed by atoms with Crippen molar-refractivity contribution in [2.45, 2.75) is 6.42 Å². The number of amides is 1. The maximum atomic E-state index is 13.2. The van der Waals surface area contributed by atoms with Crippen molar-refractivity contribution < 1.29 is 13.9 Å². The molecule has 0 radical (unpaired) electrons. The van der Waals surface area contributed by atoms with E-state index in [0.29, 0.717) is 22.8 Å². The molecule has 2 aromatic heterocycles. The van der Waals surface area contributed by atoms with E-state index in [1.165, 1.54) is 23.5 Å². The fraction of sp³-hybridized carbons (Fsp3) is 0.0588. The highest BCUT2D eigenvalue weighted by Crippen LogP contribution is 2.32. The zero-order valence-corrected chi connectivity index (χ0v) is 13.8. The third-order valence-corrected chi connectivity index (χ3v) is 4.41. The number of hydrogen-bond donors (Lipinski definition) is 3. The van der Waals surface area contributed by atoms with Crippen LogP contribution in [0.4, 0.5) is 16.0 Å². The van der Waals surface area contributed by atoms with Crippen LogP contribution in [0.25, 0.3) is 0 Å². The molecule has 0 bridgehead atoms. The molecule has 6 nitrogen and oxygen atoms in total. The van der Waals surface area contributed by atoms with E-state index in [1.807, 2.05) is 6.07 Å². The van der Waals surface area contributed by atoms with E-state index in [1.54, 1.807) is 24.3 Å². The first-order valence-electron chi connectivity index (χ1n) is 7.29. The van der Waals surface area contributed by atoms with Crippen LogP contribution < -0.4 is 21.9 Å². The Bertz CT molecular complexity index is 942. The Kier molecular flexibility index (Phi) is 4.53. The number of thiophene rings is 1. The summed E-state index contributed by atoms with van der Waals surface area (Å²) in [5.74, 6) is -0.363. The quantitative estimate of drug-likeness (QED) is 0.648. The van der Waals surface area contributed by atoms with Crippen molar-refractivity contribution in [2.24, 2.45) is 5.73 Å². The lowest BCUT2D eigenvalue weighted by atomic mass is 10.1. The molecule has 0 aliphatic rings. The average Bonchev–Trinajstić information content (AvgIpc) is 2.96. The number of pyridine rings is 1. The third-order valence-electron chi connectivity index (χ3n) is 3.45. The Morgan fingerprint density at radius 3 is 2.68 bits per heavy atom. The minimum absolute atomic E-state index is 0.00931. The van der Waals surface area contributed by atoms with E-state index in [-0.39, 0.29) is 23.0 Å². The smallest absolute Gasteiger partial charge is 0.252 e. The van der Waals surface area contributed by atoms with Crippen LogP contribution in [0, 0.1) is 5.82 Å². The van der Waals surface area contributed by atoms with Gasteiger partial charge in [0.2, 0.25) is 0 Å². The molecule has 3 rings (SSSR count). The van der Waals surface area contributed by atoms with E-state index in [2.05, 4.69) is 4.98 Å². The van der Waals surface area contributed by atoms with Crippen LogP contribution in [0.1, 0.15) is 20.8 Å². The first-order chi connectivity index (χ1) is 11.9. The van der Waals surface area contributed by atoms with Crippen LogP contribution in [-0.4, -0.2) is 10.9 Å². The fourth-order valence-electron chi connectivity index (χ4n) is 2.27. The summed E-state index contributed by atoms with van der Waals surface area (Å²) >= 11 is 1.38. The second-order valence-electron chi connectivity index (χ2n) is 5.29. The largest absolute Gasteiger partial charge is 0.447 e. The van der Waals surface area contributed by atoms with E-state index >= 15 is 0 Å². The SMILES string of the molecule is NC(=O)c1cc(Cc2ccc(Oc3cccc(F)c3)s2)c(N)nc1N. The zero-order valence-electron chi connectivity index (χ0n) is 13.0. The van der Waals surface area contributed by atoms with Gasteiger partial charge in [-0.2, -0.15) is 0 Å². The summed E-state index contributed by atoms with van der Waals surface area (Å²) in [5.41, 5.74) is 17.6. The second kappa shape index (κ2) is 6.78. The third kappa shape index (κ3) is 3.86. The normalized spacial score (nSPS) is 10.6. The van der Waals surface area contributed by atoms with Gasteiger partial charge in [0.25, 0.3) is 5.91 Å². The number of nitrogens with two attached hydrogens (primary N) is 3. The van der Waals surface area contributed by atoms with Crippen LogP contribution in [0.15, 0.2) is 42.5 Å². The lowest BCUT2D eigenvalue weighted by Crippen LogP contribution is -2.16. The number of primary amides is 1. The number of carbonyl (C=O) groups is 1. The van der Waals surface area contributed by atoms with E-state index in [4.69, 9.17) is 21.9 Å². The molecule has 25 heavy (non-hydrogen) atoms. The number of nitrogen functional groups attached to an aromatic ring is 2. The molecule has 0 saturated carbocycles. The lowest BCUT2D eigenvalue weighted by molar-refractivity contribution is 0.100. The molecule has 1 aromatic carbocycles. The summed E-state index contributed by atoms with van der Waals surface area (Å²) < 4.78 is 18.8. The number of anilines is 2. The summed E-state index contributed by atoms with van der Waals surface area (Å²) in [4.78, 5) is 16.3. The number of hydrogen-bond acceptors (Lipinski definition) is 6. The van der Waals surface area contributed by atoms with Gasteiger partial charge in [-0.25, -0.2) is 9.37 Å². The van der Waals surface area contributed by atoms with Gasteiger partial charge in [0.15, 0.2) is 5.06 Å². The molecule has 0 saturated heterocycles. The molecular weight excluding hydrogens is 343 g/mol. The van der Waals surface area contributed by atoms with Crippen molar-refractivity contribution >= 4 is 28.9 Å². The summed E-state index contributed by atoms with van der Waals surface area (Å²) in [6.07, 6.45) is 0.441. The Balaban J connectivity index is 1.80. The molecule has 0 fully saturated rings. The molecule has 0 aliphatic carbocycles. The highest BCUT2D eigenvalue weighted by molar-refractivity contribution is 7.13. The monoisotopic (exact) mass is 358 g/mol. The molecule has 0 aliphatic heterocycles. The van der Waals surface area contributed by atoms with Crippen molar-refractivity contribution in [1.82, 2.24) is 4.98 Å². The number of rotatable bonds is 5. The van der Waals surface area contributed by atoms with E-state index in [9.17, 15) is 9.18 Å². The maximum Gasteiger partial charge on any atom is 0.252 e. The molecule has 2 heterocycles. The van der Waals surface area contributed by atoms with Crippen LogP contribution in [0.2, 0.25) is 0 Å². The van der Waals surface area contributed by atoms with Gasteiger partial charge in [0, 0.05) is 22.9 Å². The molecule has 0 unspecified atom stereocenters. The molecule has 1 amide bonds. The van der Waals surface area contributed by atoms with Crippen molar-refractivity contribution in [3.8, 4) is 10.8 Å². The summed E-state index contributed by atoms with van der Waals surface area (Å²) in [6.45, 7) is 0. The number of aromatic nitrogens is 1. The van der Waals surface area contributed by atoms with Crippen molar-refractivity contribution in [1.29, 1.82) is 0 Å². The van der Waals surface area contributed by atoms with Crippen molar-refractivity contribution in [3.63, 3.8) is 0 Å². The number of halogens is 1. The first-order valence-corrected chi connectivity index (χ1v) is 8.11. The van der Waals surface area contributed by atoms with Crippen LogP contribution >= 0.6 is 11.3 Å². The molecule has 128 valence electrons. The molecule has 3 aromatic rings. The van der Waals surface area contributed by atoms with E-state index in [0.717, 1.165) is 4.88 Å². The maximum absolute atomic E-state index is 13.2. The minimum atomic E-state index is -0.660. The van der Waals surface area contributed by atoms with Crippen molar-refractivity contribution in [3.05, 3.63) is 64.3 Å². The number of carbonyl (C=O) groups excluding carboxylic acids is 1. The Hall–Kier alpha value is -3.13. The second-order valence-corrected chi connectivity index (χ2v) is 6.42. The molecule has 0 atom stereocenters. The fourth-order valence-corrected chi connectivity index (χ4v) is 3.16. The average molecular weight is 358 g/mol. The molecule has 8 heteroatoms. The summed E-state index contributed by atoms with van der Waals surface area (Å²) in [6, 6.07) is 11.1. The first kappa shape index (κ1) is 16.7. The van der Waals surface area contributed by atoms with Gasteiger partial charge in [0.1, 0.15) is 23.2 Å². The minimum Gasteiger partial charge on any atom is -0.447 e. The summed E-state index contributed by atoms with van der Waals surface area (Å²) in [5, 5.41) is 0.609. The van der Waals surface area contributed by atoms with E-state index < -0.39 is 5.91 Å². The summed E-state index contributed by atoms with van der Waals surface area (Å²) in [7, 11) is 0. The predicted octanol–water partition coefficient (Wildman–Crippen LogP) is 2.93. The van der Waals surface area contributed by atoms with Gasteiger partial charge in [-0.05, 0) is 30.3 Å². The van der Waals surface area contributed by atoms with Crippen LogP contribution in [0.5, 0.6) is 10.8 Å². The number of benzene rings is 1. The standard InChI is InChI=1S/C17H15FN4O2S/c18-10-2-1-3-11(8-10)24-14-5-4-12(25-14)6-9-7-13(17(21)23)16(20)22-15(9)19/h1-5,7-8H,6H2,(H2,21,23)(H4,19,20,22). The zero-order chi connectivity index (χ0) is 18.0. The Morgan fingerprint density at radius 1 is 1.16 bits per heavy atom. The number of ether oxygens (including phenoxy) is 1. The Labute approximate surface area is 147 Å². The van der Waals surface area contributed by atoms with Gasteiger partial charge in [-0.15, -0.1) is 11.3 Å². The van der Waals surface area contributed by atoms with Gasteiger partial charge < -0.3 is 21.9 Å². The van der Waals surface area contributed by atoms with Gasteiger partial charge in [0.05, 0.1) is 5.56 Å². The van der Waals surface area contributed by atoms with Crippen LogP contribution in [0.3, 0.4) is 0 Å². The van der Waals surface area contributed by atoms with Gasteiger partial charge in [-0.3, -0.25) is 4.79 Å². The topological polar surface area (TPSA) is 117 Å². The predicted molar refractivity (Wildman–Crippen MR) is 95.2 cm³/mol. The highest BCUT2D eigenvalue weighted by atomic mass is 32.1.